The average molecular weight is 525 g/mol. The van der Waals surface area contributed by atoms with E-state index in [4.69, 9.17) is 0 Å². The van der Waals surface area contributed by atoms with Gasteiger partial charge in [-0.1, -0.05) is 24.3 Å². The number of hydrogen-bond acceptors (Lipinski definition) is 4. The van der Waals surface area contributed by atoms with E-state index in [1.165, 1.54) is 12.1 Å². The fourth-order valence-corrected chi connectivity index (χ4v) is 3.26. The molecule has 0 saturated heterocycles. The fourth-order valence-electron chi connectivity index (χ4n) is 3.26. The van der Waals surface area contributed by atoms with Gasteiger partial charge >= 0.3 is 12.4 Å². The van der Waals surface area contributed by atoms with Crippen LogP contribution in [-0.2, 0) is 25.4 Å². The Labute approximate surface area is 205 Å². The van der Waals surface area contributed by atoms with Crippen LogP contribution in [0.25, 0.3) is 0 Å². The molecule has 0 aliphatic rings. The Hall–Kier alpha value is -4.42. The van der Waals surface area contributed by atoms with Crippen molar-refractivity contribution in [1.29, 1.82) is 0 Å². The van der Waals surface area contributed by atoms with Crippen LogP contribution in [0, 0.1) is 10.1 Å². The minimum Gasteiger partial charge on any atom is -0.348 e. The van der Waals surface area contributed by atoms with E-state index in [0.717, 1.165) is 54.6 Å². The van der Waals surface area contributed by atoms with Crippen LogP contribution in [0.15, 0.2) is 66.7 Å². The molecule has 2 amide bonds. The number of carbonyl (C=O) groups is 2. The Kier molecular flexibility index (Phi) is 7.84. The molecule has 0 aliphatic heterocycles. The highest BCUT2D eigenvalue weighted by atomic mass is 19.4. The lowest BCUT2D eigenvalue weighted by Crippen LogP contribution is -2.26. The molecule has 0 fully saturated rings. The highest BCUT2D eigenvalue weighted by molar-refractivity contribution is 6.00. The highest BCUT2D eigenvalue weighted by Crippen LogP contribution is 2.30. The maximum atomic E-state index is 12.9. The summed E-state index contributed by atoms with van der Waals surface area (Å²) in [5, 5.41) is 16.0. The lowest BCUT2D eigenvalue weighted by Gasteiger charge is -2.11. The molecule has 2 N–H and O–H groups in total. The van der Waals surface area contributed by atoms with Crippen LogP contribution in [0.3, 0.4) is 0 Å². The van der Waals surface area contributed by atoms with Crippen LogP contribution in [0.2, 0.25) is 0 Å². The van der Waals surface area contributed by atoms with Crippen molar-refractivity contribution in [2.24, 2.45) is 0 Å². The van der Waals surface area contributed by atoms with Gasteiger partial charge in [-0.2, -0.15) is 26.3 Å². The predicted octanol–water partition coefficient (Wildman–Crippen LogP) is 5.49. The number of nitro groups is 1. The van der Waals surface area contributed by atoms with Gasteiger partial charge in [0.2, 0.25) is 0 Å². The van der Waals surface area contributed by atoms with Crippen molar-refractivity contribution < 1.29 is 40.9 Å². The first-order valence-corrected chi connectivity index (χ1v) is 10.4. The third kappa shape index (κ3) is 7.29. The van der Waals surface area contributed by atoms with Crippen molar-refractivity contribution >= 4 is 17.5 Å². The quantitative estimate of drug-likeness (QED) is 0.242. The molecule has 37 heavy (non-hydrogen) atoms. The number of non-ortho nitro benzene ring substituents is 1. The largest absolute Gasteiger partial charge is 0.416 e. The first kappa shape index (κ1) is 27.2. The Balaban J connectivity index is 1.75. The second-order valence-electron chi connectivity index (χ2n) is 7.79. The zero-order valence-electron chi connectivity index (χ0n) is 18.6. The average Bonchev–Trinajstić information content (AvgIpc) is 2.84. The molecule has 0 aliphatic carbocycles. The number of halogens is 6. The fraction of sp³-hybridized carbons (Fsp3) is 0.167. The normalized spacial score (nSPS) is 11.6. The van der Waals surface area contributed by atoms with Crippen LogP contribution in [0.5, 0.6) is 0 Å². The first-order chi connectivity index (χ1) is 17.2. The number of amides is 2. The maximum absolute atomic E-state index is 12.9. The van der Waals surface area contributed by atoms with Gasteiger partial charge in [-0.25, -0.2) is 0 Å². The Morgan fingerprint density at radius 3 is 1.46 bits per heavy atom. The van der Waals surface area contributed by atoms with Crippen LogP contribution < -0.4 is 10.6 Å². The molecule has 0 spiro atoms. The van der Waals surface area contributed by atoms with Crippen molar-refractivity contribution in [3.8, 4) is 0 Å². The monoisotopic (exact) mass is 525 g/mol. The van der Waals surface area contributed by atoms with E-state index >= 15 is 0 Å². The minimum atomic E-state index is -4.59. The molecule has 13 heteroatoms. The number of benzene rings is 3. The number of alkyl halides is 6. The number of rotatable bonds is 7. The van der Waals surface area contributed by atoms with Crippen molar-refractivity contribution in [2.75, 3.05) is 0 Å². The molecular formula is C24H17F6N3O4. The van der Waals surface area contributed by atoms with Crippen molar-refractivity contribution in [3.05, 3.63) is 110 Å². The second kappa shape index (κ2) is 10.7. The molecule has 194 valence electrons. The summed E-state index contributed by atoms with van der Waals surface area (Å²) >= 11 is 0. The Morgan fingerprint density at radius 2 is 1.11 bits per heavy atom. The number of carbonyl (C=O) groups excluding carboxylic acids is 2. The zero-order valence-corrected chi connectivity index (χ0v) is 18.6. The summed E-state index contributed by atoms with van der Waals surface area (Å²) in [4.78, 5) is 35.6. The number of nitrogens with zero attached hydrogens (tertiary/aromatic N) is 1. The van der Waals surface area contributed by atoms with Crippen LogP contribution in [0.1, 0.15) is 43.0 Å². The Morgan fingerprint density at radius 1 is 0.703 bits per heavy atom. The molecular weight excluding hydrogens is 508 g/mol. The summed E-state index contributed by atoms with van der Waals surface area (Å²) in [5.41, 5.74) is -2.85. The van der Waals surface area contributed by atoms with E-state index in [-0.39, 0.29) is 35.3 Å². The van der Waals surface area contributed by atoms with Crippen molar-refractivity contribution in [2.45, 2.75) is 25.4 Å². The Bertz CT molecular complexity index is 1250. The maximum Gasteiger partial charge on any atom is 0.416 e. The van der Waals surface area contributed by atoms with E-state index in [2.05, 4.69) is 10.6 Å². The molecule has 0 heterocycles. The second-order valence-corrected chi connectivity index (χ2v) is 7.79. The summed E-state index contributed by atoms with van der Waals surface area (Å²) in [6, 6.07) is 11.2. The van der Waals surface area contributed by atoms with Crippen molar-refractivity contribution in [3.63, 3.8) is 0 Å². The molecule has 0 bridgehead atoms. The summed E-state index contributed by atoms with van der Waals surface area (Å²) in [7, 11) is 0. The molecule has 0 unspecified atom stereocenters. The smallest absolute Gasteiger partial charge is 0.348 e. The van der Waals surface area contributed by atoms with Gasteiger partial charge in [0.15, 0.2) is 0 Å². The van der Waals surface area contributed by atoms with Gasteiger partial charge in [-0.3, -0.25) is 19.7 Å². The summed E-state index contributed by atoms with van der Waals surface area (Å²) in [6.45, 7) is -0.662. The molecule has 0 atom stereocenters. The molecule has 3 aromatic rings. The van der Waals surface area contributed by atoms with Gasteiger partial charge in [0.1, 0.15) is 0 Å². The minimum absolute atomic E-state index is 0.118. The van der Waals surface area contributed by atoms with E-state index in [1.807, 2.05) is 0 Å². The molecule has 0 aromatic heterocycles. The van der Waals surface area contributed by atoms with Gasteiger partial charge in [-0.05, 0) is 41.5 Å². The van der Waals surface area contributed by atoms with E-state index in [9.17, 15) is 46.0 Å². The van der Waals surface area contributed by atoms with Gasteiger partial charge in [0.05, 0.1) is 16.1 Å². The third-order valence-corrected chi connectivity index (χ3v) is 5.07. The number of hydrogen-bond donors (Lipinski definition) is 2. The van der Waals surface area contributed by atoms with Gasteiger partial charge in [0, 0.05) is 36.3 Å². The molecule has 3 rings (SSSR count). The molecule has 7 nitrogen and oxygen atoms in total. The van der Waals surface area contributed by atoms with Gasteiger partial charge < -0.3 is 10.6 Å². The predicted molar refractivity (Wildman–Crippen MR) is 118 cm³/mol. The summed E-state index contributed by atoms with van der Waals surface area (Å²) in [6.07, 6.45) is -9.17. The van der Waals surface area contributed by atoms with Gasteiger partial charge in [-0.15, -0.1) is 0 Å². The topological polar surface area (TPSA) is 101 Å². The third-order valence-electron chi connectivity index (χ3n) is 5.07. The van der Waals surface area contributed by atoms with Crippen molar-refractivity contribution in [1.82, 2.24) is 10.6 Å². The molecule has 0 saturated carbocycles. The van der Waals surface area contributed by atoms with Gasteiger partial charge in [0.25, 0.3) is 17.5 Å². The SMILES string of the molecule is O=C(NCc1cccc(C(F)(F)F)c1)c1cc(C(=O)NCc2cccc(C(F)(F)F)c2)cc([N+](=O)[O-])c1. The van der Waals surface area contributed by atoms with E-state index in [0.29, 0.717) is 0 Å². The van der Waals surface area contributed by atoms with E-state index in [1.54, 1.807) is 0 Å². The lowest BCUT2D eigenvalue weighted by atomic mass is 10.1. The van der Waals surface area contributed by atoms with Crippen LogP contribution in [-0.4, -0.2) is 16.7 Å². The van der Waals surface area contributed by atoms with Crippen LogP contribution >= 0.6 is 0 Å². The zero-order chi connectivity index (χ0) is 27.4. The summed E-state index contributed by atoms with van der Waals surface area (Å²) in [5.74, 6) is -1.79. The lowest BCUT2D eigenvalue weighted by molar-refractivity contribution is -0.384. The van der Waals surface area contributed by atoms with E-state index < -0.39 is 45.9 Å². The highest BCUT2D eigenvalue weighted by Gasteiger charge is 2.31. The standard InChI is InChI=1S/C24H17F6N3O4/c25-23(26,27)18-5-1-3-14(7-18)12-31-21(34)16-9-17(11-20(10-16)33(36)37)22(35)32-13-15-4-2-6-19(8-15)24(28,29)30/h1-11H,12-13H2,(H,31,34)(H,32,35). The number of nitrogens with one attached hydrogen (secondary N) is 2. The number of nitro benzene ring substituents is 1. The molecule has 0 radical (unpaired) electrons. The van der Waals surface area contributed by atoms with Crippen LogP contribution in [0.4, 0.5) is 32.0 Å². The summed E-state index contributed by atoms with van der Waals surface area (Å²) < 4.78 is 77.3. The first-order valence-electron chi connectivity index (χ1n) is 10.4. The molecule has 3 aromatic carbocycles.